The smallest absolute Gasteiger partial charge is 0.306 e. The van der Waals surface area contributed by atoms with Gasteiger partial charge in [0.15, 0.2) is 0 Å². The van der Waals surface area contributed by atoms with E-state index in [1.165, 1.54) is 0 Å². The van der Waals surface area contributed by atoms with Crippen molar-refractivity contribution in [2.75, 3.05) is 6.54 Å². The number of carbonyl (C=O) groups is 1. The van der Waals surface area contributed by atoms with Crippen LogP contribution in [0.3, 0.4) is 0 Å². The molecule has 0 aromatic rings. The SMILES string of the molecule is CC1(C)CCC(OC(=O)CCC(CCN)C(C)(C)C)CC1. The van der Waals surface area contributed by atoms with E-state index >= 15 is 0 Å². The van der Waals surface area contributed by atoms with E-state index in [4.69, 9.17) is 10.5 Å². The van der Waals surface area contributed by atoms with Crippen molar-refractivity contribution in [3.63, 3.8) is 0 Å². The summed E-state index contributed by atoms with van der Waals surface area (Å²) in [6.07, 6.45) is 6.89. The summed E-state index contributed by atoms with van der Waals surface area (Å²) in [5, 5.41) is 0. The van der Waals surface area contributed by atoms with Crippen molar-refractivity contribution in [2.24, 2.45) is 22.5 Å². The molecule has 1 saturated carbocycles. The van der Waals surface area contributed by atoms with Crippen LogP contribution in [0.25, 0.3) is 0 Å². The molecule has 124 valence electrons. The second-order valence-corrected chi connectivity index (χ2v) is 8.53. The minimum absolute atomic E-state index is 0.0222. The van der Waals surface area contributed by atoms with Crippen molar-refractivity contribution in [2.45, 2.75) is 85.7 Å². The zero-order valence-electron chi connectivity index (χ0n) is 14.7. The van der Waals surface area contributed by atoms with Gasteiger partial charge in [-0.25, -0.2) is 0 Å². The van der Waals surface area contributed by atoms with Crippen LogP contribution in [0.15, 0.2) is 0 Å². The van der Waals surface area contributed by atoms with Gasteiger partial charge in [-0.1, -0.05) is 34.6 Å². The van der Waals surface area contributed by atoms with Gasteiger partial charge in [-0.15, -0.1) is 0 Å². The zero-order valence-corrected chi connectivity index (χ0v) is 14.7. The standard InChI is InChI=1S/C18H35NO2/c1-17(2,3)14(10-13-19)6-7-16(20)21-15-8-11-18(4,5)12-9-15/h14-15H,6-13,19H2,1-5H3. The van der Waals surface area contributed by atoms with E-state index in [1.807, 2.05) is 0 Å². The zero-order chi connectivity index (χ0) is 16.1. The van der Waals surface area contributed by atoms with Gasteiger partial charge in [-0.3, -0.25) is 4.79 Å². The monoisotopic (exact) mass is 297 g/mol. The highest BCUT2D eigenvalue weighted by Crippen LogP contribution is 2.36. The molecule has 0 amide bonds. The molecule has 0 spiro atoms. The maximum absolute atomic E-state index is 12.1. The first-order valence-electron chi connectivity index (χ1n) is 8.53. The summed E-state index contributed by atoms with van der Waals surface area (Å²) in [4.78, 5) is 12.1. The van der Waals surface area contributed by atoms with Crippen LogP contribution in [0, 0.1) is 16.7 Å². The maximum atomic E-state index is 12.1. The van der Waals surface area contributed by atoms with Crippen LogP contribution in [-0.4, -0.2) is 18.6 Å². The molecule has 0 heterocycles. The molecule has 3 heteroatoms. The summed E-state index contributed by atoms with van der Waals surface area (Å²) in [7, 11) is 0. The number of ether oxygens (including phenoxy) is 1. The predicted molar refractivity (Wildman–Crippen MR) is 88.0 cm³/mol. The average Bonchev–Trinajstić information content (AvgIpc) is 2.35. The van der Waals surface area contributed by atoms with Gasteiger partial charge in [0.2, 0.25) is 0 Å². The second-order valence-electron chi connectivity index (χ2n) is 8.53. The predicted octanol–water partition coefficient (Wildman–Crippen LogP) is 4.29. The molecule has 0 aromatic carbocycles. The minimum atomic E-state index is -0.0222. The van der Waals surface area contributed by atoms with Crippen LogP contribution in [0.1, 0.15) is 79.6 Å². The lowest BCUT2D eigenvalue weighted by Gasteiger charge is -2.34. The molecule has 0 saturated heterocycles. The Labute approximate surface area is 131 Å². The Morgan fingerprint density at radius 2 is 1.81 bits per heavy atom. The lowest BCUT2D eigenvalue weighted by Crippen LogP contribution is -2.29. The fourth-order valence-corrected chi connectivity index (χ4v) is 3.24. The fourth-order valence-electron chi connectivity index (χ4n) is 3.24. The second kappa shape index (κ2) is 7.62. The number of esters is 1. The molecule has 0 radical (unpaired) electrons. The Bertz CT molecular complexity index is 321. The van der Waals surface area contributed by atoms with Crippen molar-refractivity contribution in [1.29, 1.82) is 0 Å². The molecule has 1 fully saturated rings. The lowest BCUT2D eigenvalue weighted by atomic mass is 9.76. The summed E-state index contributed by atoms with van der Waals surface area (Å²) >= 11 is 0. The van der Waals surface area contributed by atoms with Crippen LogP contribution in [0.4, 0.5) is 0 Å². The molecule has 0 bridgehead atoms. The number of hydrogen-bond donors (Lipinski definition) is 1. The number of rotatable bonds is 6. The van der Waals surface area contributed by atoms with E-state index in [0.29, 0.717) is 24.3 Å². The van der Waals surface area contributed by atoms with E-state index in [9.17, 15) is 4.79 Å². The van der Waals surface area contributed by atoms with Crippen molar-refractivity contribution in [3.8, 4) is 0 Å². The Morgan fingerprint density at radius 3 is 2.29 bits per heavy atom. The van der Waals surface area contributed by atoms with Crippen molar-refractivity contribution in [1.82, 2.24) is 0 Å². The Balaban J connectivity index is 2.33. The molecule has 1 rings (SSSR count). The average molecular weight is 297 g/mol. The highest BCUT2D eigenvalue weighted by atomic mass is 16.5. The van der Waals surface area contributed by atoms with Crippen LogP contribution in [0.2, 0.25) is 0 Å². The Kier molecular flexibility index (Phi) is 6.71. The van der Waals surface area contributed by atoms with E-state index < -0.39 is 0 Å². The van der Waals surface area contributed by atoms with Crippen LogP contribution in [-0.2, 0) is 9.53 Å². The van der Waals surface area contributed by atoms with Crippen molar-refractivity contribution < 1.29 is 9.53 Å². The first kappa shape index (κ1) is 18.5. The van der Waals surface area contributed by atoms with Gasteiger partial charge in [0, 0.05) is 6.42 Å². The van der Waals surface area contributed by atoms with Gasteiger partial charge < -0.3 is 10.5 Å². The minimum Gasteiger partial charge on any atom is -0.462 e. The van der Waals surface area contributed by atoms with Gasteiger partial charge >= 0.3 is 5.97 Å². The molecule has 1 unspecified atom stereocenters. The quantitative estimate of drug-likeness (QED) is 0.744. The molecular weight excluding hydrogens is 262 g/mol. The summed E-state index contributed by atoms with van der Waals surface area (Å²) in [6, 6.07) is 0. The maximum Gasteiger partial charge on any atom is 0.306 e. The van der Waals surface area contributed by atoms with E-state index in [-0.39, 0.29) is 17.5 Å². The van der Waals surface area contributed by atoms with E-state index in [2.05, 4.69) is 34.6 Å². The van der Waals surface area contributed by atoms with Gasteiger partial charge in [0.05, 0.1) is 0 Å². The lowest BCUT2D eigenvalue weighted by molar-refractivity contribution is -0.152. The summed E-state index contributed by atoms with van der Waals surface area (Å²) in [6.45, 7) is 12.0. The topological polar surface area (TPSA) is 52.3 Å². The highest BCUT2D eigenvalue weighted by Gasteiger charge is 2.29. The number of carbonyl (C=O) groups excluding carboxylic acids is 1. The summed E-state index contributed by atoms with van der Waals surface area (Å²) in [5.74, 6) is 0.464. The normalized spacial score (nSPS) is 21.0. The molecule has 1 atom stereocenters. The van der Waals surface area contributed by atoms with Crippen LogP contribution in [0.5, 0.6) is 0 Å². The van der Waals surface area contributed by atoms with Gasteiger partial charge in [0.1, 0.15) is 6.10 Å². The molecule has 21 heavy (non-hydrogen) atoms. The van der Waals surface area contributed by atoms with E-state index in [0.717, 1.165) is 38.5 Å². The largest absolute Gasteiger partial charge is 0.462 e. The summed E-state index contributed by atoms with van der Waals surface area (Å²) in [5.41, 5.74) is 6.31. The third-order valence-electron chi connectivity index (χ3n) is 5.02. The molecule has 0 aliphatic heterocycles. The number of hydrogen-bond acceptors (Lipinski definition) is 3. The molecule has 3 nitrogen and oxygen atoms in total. The third-order valence-corrected chi connectivity index (χ3v) is 5.02. The van der Waals surface area contributed by atoms with Crippen molar-refractivity contribution >= 4 is 5.97 Å². The highest BCUT2D eigenvalue weighted by molar-refractivity contribution is 5.69. The molecule has 0 aromatic heterocycles. The molecule has 2 N–H and O–H groups in total. The van der Waals surface area contributed by atoms with Gasteiger partial charge in [-0.2, -0.15) is 0 Å². The van der Waals surface area contributed by atoms with Crippen LogP contribution >= 0.6 is 0 Å². The van der Waals surface area contributed by atoms with Crippen molar-refractivity contribution in [3.05, 3.63) is 0 Å². The van der Waals surface area contributed by atoms with Gasteiger partial charge in [-0.05, 0) is 61.8 Å². The first-order chi connectivity index (χ1) is 9.64. The van der Waals surface area contributed by atoms with Gasteiger partial charge in [0.25, 0.3) is 0 Å². The summed E-state index contributed by atoms with van der Waals surface area (Å²) < 4.78 is 5.66. The fraction of sp³-hybridized carbons (Fsp3) is 0.944. The molecule has 1 aliphatic rings. The Morgan fingerprint density at radius 1 is 1.24 bits per heavy atom. The Hall–Kier alpha value is -0.570. The first-order valence-corrected chi connectivity index (χ1v) is 8.53. The van der Waals surface area contributed by atoms with Crippen LogP contribution < -0.4 is 5.73 Å². The molecule has 1 aliphatic carbocycles. The third kappa shape index (κ3) is 6.82. The van der Waals surface area contributed by atoms with E-state index in [1.54, 1.807) is 0 Å². The molecular formula is C18H35NO2. The number of nitrogens with two attached hydrogens (primary N) is 1.